The number of aliphatic hydroxyl groups is 1. The van der Waals surface area contributed by atoms with Crippen molar-refractivity contribution in [3.05, 3.63) is 23.3 Å². The van der Waals surface area contributed by atoms with Crippen molar-refractivity contribution < 1.29 is 23.0 Å². The van der Waals surface area contributed by atoms with Gasteiger partial charge in [-0.25, -0.2) is 4.99 Å². The molecule has 1 aliphatic heterocycles. The van der Waals surface area contributed by atoms with Gasteiger partial charge in [0.1, 0.15) is 5.75 Å². The number of rotatable bonds is 6. The lowest BCUT2D eigenvalue weighted by molar-refractivity contribution is -0.288. The van der Waals surface area contributed by atoms with E-state index in [2.05, 4.69) is 4.99 Å². The summed E-state index contributed by atoms with van der Waals surface area (Å²) in [4.78, 5) is 6.19. The normalized spacial score (nSPS) is 18.5. The SMILES string of the molecule is CCN(C)C=Nc1cc(OC)c(C(O)(C2CCSCC2)C(F)(F)F)cc1C. The summed E-state index contributed by atoms with van der Waals surface area (Å²) in [5.74, 6) is 0.323. The van der Waals surface area contributed by atoms with Gasteiger partial charge < -0.3 is 14.7 Å². The molecule has 0 radical (unpaired) electrons. The average Bonchev–Trinajstić information content (AvgIpc) is 2.65. The van der Waals surface area contributed by atoms with Crippen molar-refractivity contribution in [2.24, 2.45) is 10.9 Å². The van der Waals surface area contributed by atoms with Crippen LogP contribution in [0.5, 0.6) is 5.75 Å². The van der Waals surface area contributed by atoms with Gasteiger partial charge in [0.15, 0.2) is 5.60 Å². The number of aliphatic imine (C=N–C) groups is 1. The van der Waals surface area contributed by atoms with Gasteiger partial charge in [-0.05, 0) is 49.8 Å². The average molecular weight is 404 g/mol. The first-order valence-corrected chi connectivity index (χ1v) is 10.1. The third kappa shape index (κ3) is 4.54. The Balaban J connectivity index is 2.56. The van der Waals surface area contributed by atoms with E-state index >= 15 is 0 Å². The standard InChI is InChI=1S/C19H27F3N2O2S/c1-5-24(3)12-23-16-11-17(26-4)15(10-13(16)2)18(25,19(20,21)22)14-6-8-27-9-7-14/h10-12,14,25H,5-9H2,1-4H3. The molecule has 1 aliphatic rings. The van der Waals surface area contributed by atoms with Gasteiger partial charge in [0.25, 0.3) is 0 Å². The number of hydrogen-bond acceptors (Lipinski definition) is 4. The quantitative estimate of drug-likeness (QED) is 0.560. The maximum atomic E-state index is 14.1. The minimum Gasteiger partial charge on any atom is -0.496 e. The Morgan fingerprint density at radius 2 is 1.96 bits per heavy atom. The molecule has 2 rings (SSSR count). The number of methoxy groups -OCH3 is 1. The Morgan fingerprint density at radius 1 is 1.33 bits per heavy atom. The van der Waals surface area contributed by atoms with E-state index in [4.69, 9.17) is 4.74 Å². The van der Waals surface area contributed by atoms with E-state index in [9.17, 15) is 18.3 Å². The van der Waals surface area contributed by atoms with Crippen molar-refractivity contribution in [2.75, 3.05) is 32.2 Å². The predicted octanol–water partition coefficient (Wildman–Crippen LogP) is 4.51. The maximum Gasteiger partial charge on any atom is 0.421 e. The van der Waals surface area contributed by atoms with Crippen molar-refractivity contribution in [2.45, 2.75) is 38.5 Å². The first-order valence-electron chi connectivity index (χ1n) is 8.95. The molecule has 1 saturated heterocycles. The van der Waals surface area contributed by atoms with Crippen molar-refractivity contribution in [1.82, 2.24) is 4.90 Å². The molecule has 0 bridgehead atoms. The number of benzene rings is 1. The van der Waals surface area contributed by atoms with E-state index in [-0.39, 0.29) is 11.3 Å². The third-order valence-corrected chi connectivity index (χ3v) is 6.11. The topological polar surface area (TPSA) is 45.1 Å². The lowest BCUT2D eigenvalue weighted by atomic mass is 9.76. The molecule has 27 heavy (non-hydrogen) atoms. The molecule has 4 nitrogen and oxygen atoms in total. The molecule has 1 aromatic carbocycles. The maximum absolute atomic E-state index is 14.1. The molecule has 0 aromatic heterocycles. The van der Waals surface area contributed by atoms with Crippen LogP contribution in [0.4, 0.5) is 18.9 Å². The van der Waals surface area contributed by atoms with E-state index in [0.29, 0.717) is 35.6 Å². The van der Waals surface area contributed by atoms with Crippen molar-refractivity contribution in [3.63, 3.8) is 0 Å². The van der Waals surface area contributed by atoms with Gasteiger partial charge in [0.2, 0.25) is 0 Å². The highest BCUT2D eigenvalue weighted by Gasteiger charge is 2.60. The molecule has 1 unspecified atom stereocenters. The lowest BCUT2D eigenvalue weighted by Crippen LogP contribution is -2.49. The molecule has 1 heterocycles. The highest BCUT2D eigenvalue weighted by molar-refractivity contribution is 7.99. The molecule has 0 saturated carbocycles. The Morgan fingerprint density at radius 3 is 2.48 bits per heavy atom. The zero-order valence-corrected chi connectivity index (χ0v) is 17.0. The van der Waals surface area contributed by atoms with Crippen LogP contribution in [0, 0.1) is 12.8 Å². The van der Waals surface area contributed by atoms with Gasteiger partial charge in [-0.1, -0.05) is 0 Å². The number of nitrogens with zero attached hydrogens (tertiary/aromatic N) is 2. The summed E-state index contributed by atoms with van der Waals surface area (Å²) in [6.45, 7) is 4.41. The minimum atomic E-state index is -4.80. The zero-order valence-electron chi connectivity index (χ0n) is 16.1. The molecule has 8 heteroatoms. The molecule has 0 amide bonds. The van der Waals surface area contributed by atoms with Gasteiger partial charge in [-0.15, -0.1) is 0 Å². The number of alkyl halides is 3. The number of halogens is 3. The van der Waals surface area contributed by atoms with Crippen LogP contribution < -0.4 is 4.74 Å². The second-order valence-corrected chi connectivity index (χ2v) is 8.03. The van der Waals surface area contributed by atoms with Crippen LogP contribution >= 0.6 is 11.8 Å². The molecule has 1 fully saturated rings. The molecular weight excluding hydrogens is 377 g/mol. The van der Waals surface area contributed by atoms with Gasteiger partial charge in [0.05, 0.1) is 19.1 Å². The Kier molecular flexibility index (Phi) is 7.08. The third-order valence-electron chi connectivity index (χ3n) is 5.07. The van der Waals surface area contributed by atoms with Crippen molar-refractivity contribution >= 4 is 23.8 Å². The Bertz CT molecular complexity index is 676. The second-order valence-electron chi connectivity index (χ2n) is 6.81. The van der Waals surface area contributed by atoms with E-state index in [1.807, 2.05) is 18.9 Å². The number of aryl methyl sites for hydroxylation is 1. The fraction of sp³-hybridized carbons (Fsp3) is 0.632. The molecule has 152 valence electrons. The number of thioether (sulfide) groups is 1. The Labute approximate surface area is 162 Å². The first kappa shape index (κ1) is 21.9. The molecular formula is C19H27F3N2O2S. The van der Waals surface area contributed by atoms with E-state index in [1.165, 1.54) is 19.2 Å². The van der Waals surface area contributed by atoms with Gasteiger partial charge in [-0.2, -0.15) is 24.9 Å². The van der Waals surface area contributed by atoms with Crippen LogP contribution in [-0.2, 0) is 5.60 Å². The van der Waals surface area contributed by atoms with Crippen LogP contribution in [0.25, 0.3) is 0 Å². The monoisotopic (exact) mass is 404 g/mol. The van der Waals surface area contributed by atoms with E-state index in [0.717, 1.165) is 6.54 Å². The molecule has 0 aliphatic carbocycles. The van der Waals surface area contributed by atoms with E-state index < -0.39 is 17.7 Å². The second kappa shape index (κ2) is 8.73. The van der Waals surface area contributed by atoms with Crippen LogP contribution in [0.2, 0.25) is 0 Å². The Hall–Kier alpha value is -1.41. The summed E-state index contributed by atoms with van der Waals surface area (Å²) in [5.41, 5.74) is -2.10. The smallest absolute Gasteiger partial charge is 0.421 e. The zero-order chi connectivity index (χ0) is 20.2. The lowest BCUT2D eigenvalue weighted by Gasteiger charge is -2.40. The highest BCUT2D eigenvalue weighted by atomic mass is 32.2. The van der Waals surface area contributed by atoms with Gasteiger partial charge in [0, 0.05) is 31.1 Å². The summed E-state index contributed by atoms with van der Waals surface area (Å²) in [7, 11) is 3.17. The summed E-state index contributed by atoms with van der Waals surface area (Å²) in [5, 5.41) is 11.0. The van der Waals surface area contributed by atoms with Crippen molar-refractivity contribution in [1.29, 1.82) is 0 Å². The molecule has 0 spiro atoms. The van der Waals surface area contributed by atoms with Crippen LogP contribution in [0.3, 0.4) is 0 Å². The van der Waals surface area contributed by atoms with Gasteiger partial charge in [-0.3, -0.25) is 0 Å². The predicted molar refractivity (Wildman–Crippen MR) is 104 cm³/mol. The number of ether oxygens (including phenoxy) is 1. The summed E-state index contributed by atoms with van der Waals surface area (Å²) in [6, 6.07) is 2.84. The van der Waals surface area contributed by atoms with Crippen LogP contribution in [0.1, 0.15) is 30.9 Å². The largest absolute Gasteiger partial charge is 0.496 e. The minimum absolute atomic E-state index is 0.00459. The van der Waals surface area contributed by atoms with Crippen LogP contribution in [0.15, 0.2) is 17.1 Å². The summed E-state index contributed by atoms with van der Waals surface area (Å²) < 4.78 is 47.5. The fourth-order valence-electron chi connectivity index (χ4n) is 3.24. The summed E-state index contributed by atoms with van der Waals surface area (Å²) in [6.07, 6.45) is -2.56. The summed E-state index contributed by atoms with van der Waals surface area (Å²) >= 11 is 1.61. The van der Waals surface area contributed by atoms with Gasteiger partial charge >= 0.3 is 6.18 Å². The first-order chi connectivity index (χ1) is 12.6. The van der Waals surface area contributed by atoms with Crippen molar-refractivity contribution in [3.8, 4) is 5.75 Å². The highest BCUT2D eigenvalue weighted by Crippen LogP contribution is 2.52. The van der Waals surface area contributed by atoms with Crippen LogP contribution in [-0.4, -0.2) is 54.7 Å². The fourth-order valence-corrected chi connectivity index (χ4v) is 4.35. The molecule has 1 aromatic rings. The molecule has 1 N–H and O–H groups in total. The number of hydrogen-bond donors (Lipinski definition) is 1. The molecule has 1 atom stereocenters. The van der Waals surface area contributed by atoms with E-state index in [1.54, 1.807) is 25.0 Å².